The van der Waals surface area contributed by atoms with Crippen LogP contribution in [-0.2, 0) is 0 Å². The molecule has 2 rings (SSSR count). The highest BCUT2D eigenvalue weighted by atomic mass is 35.5. The van der Waals surface area contributed by atoms with E-state index in [9.17, 15) is 4.79 Å². The van der Waals surface area contributed by atoms with Crippen molar-refractivity contribution < 1.29 is 28.5 Å². The quantitative estimate of drug-likeness (QED) is 0.523. The molecule has 7 nitrogen and oxygen atoms in total. The first kappa shape index (κ1) is 20.2. The van der Waals surface area contributed by atoms with Gasteiger partial charge in [-0.25, -0.2) is 4.79 Å². The zero-order valence-corrected chi connectivity index (χ0v) is 16.0. The summed E-state index contributed by atoms with van der Waals surface area (Å²) < 4.78 is 26.6. The second-order valence-electron chi connectivity index (χ2n) is 5.13. The van der Waals surface area contributed by atoms with Gasteiger partial charge in [0.25, 0.3) is 0 Å². The van der Waals surface area contributed by atoms with Crippen molar-refractivity contribution in [2.45, 2.75) is 6.92 Å². The van der Waals surface area contributed by atoms with Crippen molar-refractivity contribution in [2.24, 2.45) is 0 Å². The summed E-state index contributed by atoms with van der Waals surface area (Å²) in [6.45, 7) is 2.06. The number of methoxy groups -OCH3 is 3. The van der Waals surface area contributed by atoms with Gasteiger partial charge < -0.3 is 23.7 Å². The Balaban J connectivity index is 2.47. The molecule has 0 saturated carbocycles. The summed E-state index contributed by atoms with van der Waals surface area (Å²) in [5.41, 5.74) is 0.393. The Hall–Kier alpha value is -3.11. The van der Waals surface area contributed by atoms with Gasteiger partial charge in [0.05, 0.1) is 44.6 Å². The molecule has 0 radical (unpaired) electrons. The zero-order chi connectivity index (χ0) is 20.0. The van der Waals surface area contributed by atoms with Crippen molar-refractivity contribution in [3.63, 3.8) is 0 Å². The van der Waals surface area contributed by atoms with Gasteiger partial charge in [-0.1, -0.05) is 11.6 Å². The molecule has 8 heteroatoms. The van der Waals surface area contributed by atoms with E-state index in [1.165, 1.54) is 45.6 Å². The summed E-state index contributed by atoms with van der Waals surface area (Å²) in [5.74, 6) is 0.438. The Morgan fingerprint density at radius 1 is 1.00 bits per heavy atom. The normalized spacial score (nSPS) is 9.93. The van der Waals surface area contributed by atoms with Crippen molar-refractivity contribution in [1.29, 1.82) is 5.26 Å². The van der Waals surface area contributed by atoms with E-state index >= 15 is 0 Å². The molecule has 0 atom stereocenters. The van der Waals surface area contributed by atoms with Gasteiger partial charge in [0.2, 0.25) is 0 Å². The van der Waals surface area contributed by atoms with Crippen LogP contribution in [-0.4, -0.2) is 33.9 Å². The molecule has 0 bridgehead atoms. The molecule has 0 aliphatic carbocycles. The number of halogens is 1. The van der Waals surface area contributed by atoms with E-state index in [1.807, 2.05) is 6.07 Å². The third-order valence-corrected chi connectivity index (χ3v) is 3.84. The fourth-order valence-electron chi connectivity index (χ4n) is 2.33. The minimum Gasteiger partial charge on any atom is -0.496 e. The van der Waals surface area contributed by atoms with Crippen LogP contribution in [0.1, 0.15) is 22.8 Å². The van der Waals surface area contributed by atoms with E-state index in [0.29, 0.717) is 18.1 Å². The van der Waals surface area contributed by atoms with Gasteiger partial charge in [-0.3, -0.25) is 0 Å². The van der Waals surface area contributed by atoms with Crippen molar-refractivity contribution in [2.75, 3.05) is 27.9 Å². The Labute approximate surface area is 161 Å². The Morgan fingerprint density at radius 3 is 2.19 bits per heavy atom. The number of benzene rings is 2. The minimum absolute atomic E-state index is 0.0133. The standard InChI is InChI=1S/C19H18ClNO6/c1-5-26-17-7-11(10-21)6-13(20)18(17)27-19(22)12-8-15(24-3)16(25-4)9-14(12)23-2/h6-9H,5H2,1-4H3. The number of ether oxygens (including phenoxy) is 5. The fraction of sp³-hybridized carbons (Fsp3) is 0.263. The largest absolute Gasteiger partial charge is 0.496 e. The van der Waals surface area contributed by atoms with Crippen LogP contribution in [0, 0.1) is 11.3 Å². The van der Waals surface area contributed by atoms with Gasteiger partial charge in [-0.05, 0) is 13.0 Å². The highest BCUT2D eigenvalue weighted by Gasteiger charge is 2.23. The molecule has 0 aliphatic rings. The van der Waals surface area contributed by atoms with Crippen LogP contribution >= 0.6 is 11.6 Å². The highest BCUT2D eigenvalue weighted by molar-refractivity contribution is 6.32. The Kier molecular flexibility index (Phi) is 6.74. The average molecular weight is 392 g/mol. The van der Waals surface area contributed by atoms with Crippen molar-refractivity contribution >= 4 is 17.6 Å². The number of hydrogen-bond acceptors (Lipinski definition) is 7. The van der Waals surface area contributed by atoms with Crippen LogP contribution < -0.4 is 23.7 Å². The number of nitrogens with zero attached hydrogens (tertiary/aromatic N) is 1. The van der Waals surface area contributed by atoms with Gasteiger partial charge in [0, 0.05) is 18.2 Å². The van der Waals surface area contributed by atoms with E-state index < -0.39 is 5.97 Å². The lowest BCUT2D eigenvalue weighted by atomic mass is 10.1. The molecule has 0 N–H and O–H groups in total. The fourth-order valence-corrected chi connectivity index (χ4v) is 2.58. The second-order valence-corrected chi connectivity index (χ2v) is 5.53. The van der Waals surface area contributed by atoms with E-state index in [-0.39, 0.29) is 33.4 Å². The molecule has 0 heterocycles. The summed E-state index contributed by atoms with van der Waals surface area (Å²) >= 11 is 6.18. The molecule has 2 aromatic rings. The maximum atomic E-state index is 12.7. The van der Waals surface area contributed by atoms with Crippen LogP contribution in [0.4, 0.5) is 0 Å². The van der Waals surface area contributed by atoms with E-state index in [1.54, 1.807) is 6.92 Å². The number of carbonyl (C=O) groups is 1. The number of nitriles is 1. The molecule has 0 amide bonds. The van der Waals surface area contributed by atoms with Crippen LogP contribution in [0.2, 0.25) is 5.02 Å². The van der Waals surface area contributed by atoms with Gasteiger partial charge >= 0.3 is 5.97 Å². The van der Waals surface area contributed by atoms with E-state index in [2.05, 4.69) is 0 Å². The lowest BCUT2D eigenvalue weighted by molar-refractivity contribution is 0.0724. The minimum atomic E-state index is -0.736. The maximum absolute atomic E-state index is 12.7. The predicted molar refractivity (Wildman–Crippen MR) is 98.4 cm³/mol. The van der Waals surface area contributed by atoms with Crippen LogP contribution in [0.3, 0.4) is 0 Å². The summed E-state index contributed by atoms with van der Waals surface area (Å²) in [6.07, 6.45) is 0. The zero-order valence-electron chi connectivity index (χ0n) is 15.3. The van der Waals surface area contributed by atoms with E-state index in [4.69, 9.17) is 40.5 Å². The third-order valence-electron chi connectivity index (χ3n) is 3.56. The molecule has 27 heavy (non-hydrogen) atoms. The summed E-state index contributed by atoms with van der Waals surface area (Å²) in [4.78, 5) is 12.7. The second kappa shape index (κ2) is 9.01. The molecule has 0 aromatic heterocycles. The monoisotopic (exact) mass is 391 g/mol. The first-order valence-electron chi connectivity index (χ1n) is 7.87. The van der Waals surface area contributed by atoms with Gasteiger partial charge in [-0.15, -0.1) is 0 Å². The van der Waals surface area contributed by atoms with Crippen molar-refractivity contribution in [1.82, 2.24) is 0 Å². The van der Waals surface area contributed by atoms with Gasteiger partial charge in [0.15, 0.2) is 23.0 Å². The van der Waals surface area contributed by atoms with Crippen LogP contribution in [0.5, 0.6) is 28.7 Å². The first-order chi connectivity index (χ1) is 13.0. The number of esters is 1. The molecule has 2 aromatic carbocycles. The van der Waals surface area contributed by atoms with Crippen LogP contribution in [0.25, 0.3) is 0 Å². The number of carbonyl (C=O) groups excluding carboxylic acids is 1. The molecule has 0 saturated heterocycles. The average Bonchev–Trinajstić information content (AvgIpc) is 2.68. The highest BCUT2D eigenvalue weighted by Crippen LogP contribution is 2.39. The molecule has 0 unspecified atom stereocenters. The molecule has 142 valence electrons. The van der Waals surface area contributed by atoms with Crippen LogP contribution in [0.15, 0.2) is 24.3 Å². The first-order valence-corrected chi connectivity index (χ1v) is 8.25. The van der Waals surface area contributed by atoms with Gasteiger partial charge in [-0.2, -0.15) is 5.26 Å². The topological polar surface area (TPSA) is 87.0 Å². The van der Waals surface area contributed by atoms with Crippen molar-refractivity contribution in [3.8, 4) is 34.8 Å². The van der Waals surface area contributed by atoms with Crippen molar-refractivity contribution in [3.05, 3.63) is 40.4 Å². The lowest BCUT2D eigenvalue weighted by Gasteiger charge is -2.15. The summed E-state index contributed by atoms with van der Waals surface area (Å²) in [6, 6.07) is 7.76. The Bertz CT molecular complexity index is 891. The maximum Gasteiger partial charge on any atom is 0.347 e. The number of rotatable bonds is 7. The summed E-state index contributed by atoms with van der Waals surface area (Å²) in [5, 5.41) is 9.14. The molecule has 0 spiro atoms. The lowest BCUT2D eigenvalue weighted by Crippen LogP contribution is -2.12. The predicted octanol–water partition coefficient (Wildman–Crippen LogP) is 3.86. The van der Waals surface area contributed by atoms with E-state index in [0.717, 1.165) is 0 Å². The smallest absolute Gasteiger partial charge is 0.347 e. The number of hydrogen-bond donors (Lipinski definition) is 0. The SMILES string of the molecule is CCOc1cc(C#N)cc(Cl)c1OC(=O)c1cc(OC)c(OC)cc1OC. The van der Waals surface area contributed by atoms with Gasteiger partial charge in [0.1, 0.15) is 11.3 Å². The summed E-state index contributed by atoms with van der Waals surface area (Å²) in [7, 11) is 4.34. The molecular weight excluding hydrogens is 374 g/mol. The Morgan fingerprint density at radius 2 is 1.63 bits per heavy atom. The molecule has 0 fully saturated rings. The molecular formula is C19H18ClNO6. The third kappa shape index (κ3) is 4.36. The molecule has 0 aliphatic heterocycles.